The van der Waals surface area contributed by atoms with E-state index in [9.17, 15) is 0 Å². The second kappa shape index (κ2) is 12.7. The molecule has 0 aliphatic carbocycles. The average Bonchev–Trinajstić information content (AvgIpc) is 2.50. The molecule has 0 spiro atoms. The van der Waals surface area contributed by atoms with Crippen molar-refractivity contribution in [3.8, 4) is 0 Å². The van der Waals surface area contributed by atoms with Crippen molar-refractivity contribution in [2.75, 3.05) is 27.2 Å². The van der Waals surface area contributed by atoms with Crippen molar-refractivity contribution in [1.82, 2.24) is 10.2 Å². The summed E-state index contributed by atoms with van der Waals surface area (Å²) >= 11 is 0. The van der Waals surface area contributed by atoms with E-state index in [1.54, 1.807) is 7.11 Å². The van der Waals surface area contributed by atoms with Crippen LogP contribution in [-0.4, -0.2) is 38.1 Å². The lowest BCUT2D eigenvalue weighted by atomic mass is 10.1. The molecule has 0 amide bonds. The lowest BCUT2D eigenvalue weighted by molar-refractivity contribution is 0.184. The van der Waals surface area contributed by atoms with Crippen LogP contribution in [0.25, 0.3) is 0 Å². The Morgan fingerprint density at radius 2 is 1.91 bits per heavy atom. The molecule has 126 valence electrons. The largest absolute Gasteiger partial charge is 0.380 e. The smallest absolute Gasteiger partial charge is 0.193 e. The second-order valence-corrected chi connectivity index (χ2v) is 5.15. The van der Waals surface area contributed by atoms with Crippen LogP contribution in [0.15, 0.2) is 29.3 Å². The first-order valence-electron chi connectivity index (χ1n) is 7.78. The molecule has 0 saturated carbocycles. The van der Waals surface area contributed by atoms with Crippen molar-refractivity contribution in [3.63, 3.8) is 0 Å². The highest BCUT2D eigenvalue weighted by molar-refractivity contribution is 14.0. The first-order valence-corrected chi connectivity index (χ1v) is 7.78. The number of hydrogen-bond donors (Lipinski definition) is 1. The van der Waals surface area contributed by atoms with E-state index in [4.69, 9.17) is 9.73 Å². The molecule has 0 fully saturated rings. The fraction of sp³-hybridized carbons (Fsp3) is 0.588. The van der Waals surface area contributed by atoms with Gasteiger partial charge in [-0.15, -0.1) is 24.0 Å². The van der Waals surface area contributed by atoms with Gasteiger partial charge in [0.2, 0.25) is 0 Å². The van der Waals surface area contributed by atoms with Gasteiger partial charge in [0.1, 0.15) is 0 Å². The predicted octanol–water partition coefficient (Wildman–Crippen LogP) is 3.65. The van der Waals surface area contributed by atoms with Crippen LogP contribution in [0.3, 0.4) is 0 Å². The number of unbranched alkanes of at least 4 members (excludes halogenated alkanes) is 1. The highest BCUT2D eigenvalue weighted by Crippen LogP contribution is 2.11. The summed E-state index contributed by atoms with van der Waals surface area (Å²) in [4.78, 5) is 6.96. The van der Waals surface area contributed by atoms with Crippen LogP contribution in [0.5, 0.6) is 0 Å². The number of ether oxygens (including phenoxy) is 1. The number of guanidine groups is 1. The molecule has 0 aliphatic rings. The van der Waals surface area contributed by atoms with Gasteiger partial charge in [0.05, 0.1) is 13.2 Å². The minimum absolute atomic E-state index is 0. The Balaban J connectivity index is 0.00000441. The summed E-state index contributed by atoms with van der Waals surface area (Å²) in [6, 6.07) is 8.31. The maximum atomic E-state index is 5.25. The van der Waals surface area contributed by atoms with Gasteiger partial charge >= 0.3 is 0 Å². The molecule has 0 radical (unpaired) electrons. The molecule has 0 aromatic heterocycles. The van der Waals surface area contributed by atoms with Crippen LogP contribution >= 0.6 is 24.0 Å². The Morgan fingerprint density at radius 1 is 1.23 bits per heavy atom. The third kappa shape index (κ3) is 7.45. The zero-order chi connectivity index (χ0) is 15.5. The number of nitrogens with zero attached hydrogens (tertiary/aromatic N) is 2. The first kappa shape index (κ1) is 21.2. The molecule has 0 aliphatic heterocycles. The summed E-state index contributed by atoms with van der Waals surface area (Å²) in [6.45, 7) is 7.53. The molecule has 0 atom stereocenters. The van der Waals surface area contributed by atoms with Crippen LogP contribution in [0, 0.1) is 0 Å². The maximum absolute atomic E-state index is 5.25. The maximum Gasteiger partial charge on any atom is 0.193 e. The quantitative estimate of drug-likeness (QED) is 0.397. The Hall–Kier alpha value is -0.820. The Bertz CT molecular complexity index is 438. The zero-order valence-corrected chi connectivity index (χ0v) is 16.6. The van der Waals surface area contributed by atoms with Crippen LogP contribution < -0.4 is 5.32 Å². The van der Waals surface area contributed by atoms with Crippen LogP contribution in [0.4, 0.5) is 0 Å². The third-order valence-corrected chi connectivity index (χ3v) is 3.36. The van der Waals surface area contributed by atoms with Gasteiger partial charge < -0.3 is 15.0 Å². The number of methoxy groups -OCH3 is 1. The van der Waals surface area contributed by atoms with Crippen molar-refractivity contribution in [3.05, 3.63) is 35.4 Å². The number of aliphatic imine (C=N–C) groups is 1. The van der Waals surface area contributed by atoms with E-state index >= 15 is 0 Å². The van der Waals surface area contributed by atoms with E-state index in [1.165, 1.54) is 24.0 Å². The summed E-state index contributed by atoms with van der Waals surface area (Å²) in [5, 5.41) is 3.36. The summed E-state index contributed by atoms with van der Waals surface area (Å²) in [5.41, 5.74) is 2.43. The average molecular weight is 419 g/mol. The van der Waals surface area contributed by atoms with Gasteiger partial charge in [-0.25, -0.2) is 4.99 Å². The van der Waals surface area contributed by atoms with Crippen molar-refractivity contribution >= 4 is 29.9 Å². The minimum atomic E-state index is 0. The van der Waals surface area contributed by atoms with Crippen molar-refractivity contribution in [2.24, 2.45) is 4.99 Å². The van der Waals surface area contributed by atoms with Crippen molar-refractivity contribution in [1.29, 1.82) is 0 Å². The van der Waals surface area contributed by atoms with E-state index in [1.807, 2.05) is 6.07 Å². The Morgan fingerprint density at radius 3 is 2.50 bits per heavy atom. The highest BCUT2D eigenvalue weighted by atomic mass is 127. The topological polar surface area (TPSA) is 36.9 Å². The molecular formula is C17H30IN3O. The lowest BCUT2D eigenvalue weighted by Crippen LogP contribution is -2.39. The highest BCUT2D eigenvalue weighted by Gasteiger charge is 2.06. The van der Waals surface area contributed by atoms with E-state index in [2.05, 4.69) is 49.3 Å². The molecule has 0 saturated heterocycles. The van der Waals surface area contributed by atoms with Gasteiger partial charge in [-0.05, 0) is 24.5 Å². The number of hydrogen-bond acceptors (Lipinski definition) is 2. The number of halogens is 1. The minimum Gasteiger partial charge on any atom is -0.380 e. The normalized spacial score (nSPS) is 11.0. The van der Waals surface area contributed by atoms with Gasteiger partial charge in [0, 0.05) is 27.2 Å². The molecule has 1 N–H and O–H groups in total. The molecular weight excluding hydrogens is 389 g/mol. The molecule has 0 unspecified atom stereocenters. The van der Waals surface area contributed by atoms with Gasteiger partial charge in [-0.2, -0.15) is 0 Å². The van der Waals surface area contributed by atoms with E-state index < -0.39 is 0 Å². The van der Waals surface area contributed by atoms with Crippen LogP contribution in [0.2, 0.25) is 0 Å². The molecule has 0 heterocycles. The molecule has 1 rings (SSSR count). The lowest BCUT2D eigenvalue weighted by Gasteiger charge is -2.22. The second-order valence-electron chi connectivity index (χ2n) is 5.15. The molecule has 4 nitrogen and oxygen atoms in total. The summed E-state index contributed by atoms with van der Waals surface area (Å²) in [6.07, 6.45) is 2.38. The van der Waals surface area contributed by atoms with Gasteiger partial charge in [0.15, 0.2) is 5.96 Å². The SMILES string of the molecule is CCCCN(C)C(=NCc1ccccc1COC)NCC.I. The molecule has 0 bridgehead atoms. The molecule has 1 aromatic carbocycles. The summed E-state index contributed by atoms with van der Waals surface area (Å²) in [5.74, 6) is 0.971. The summed E-state index contributed by atoms with van der Waals surface area (Å²) in [7, 11) is 3.82. The van der Waals surface area contributed by atoms with E-state index in [0.29, 0.717) is 13.2 Å². The standard InChI is InChI=1S/C17H29N3O.HI/c1-5-7-12-20(3)17(18-6-2)19-13-15-10-8-9-11-16(15)14-21-4;/h8-11H,5-7,12-14H2,1-4H3,(H,18,19);1H. The van der Waals surface area contributed by atoms with Crippen LogP contribution in [0.1, 0.15) is 37.8 Å². The monoisotopic (exact) mass is 419 g/mol. The van der Waals surface area contributed by atoms with Crippen molar-refractivity contribution in [2.45, 2.75) is 39.8 Å². The predicted molar refractivity (Wildman–Crippen MR) is 105 cm³/mol. The van der Waals surface area contributed by atoms with Gasteiger partial charge in [-0.3, -0.25) is 0 Å². The summed E-state index contributed by atoms with van der Waals surface area (Å²) < 4.78 is 5.25. The first-order chi connectivity index (χ1) is 10.2. The molecule has 5 heteroatoms. The zero-order valence-electron chi connectivity index (χ0n) is 14.3. The van der Waals surface area contributed by atoms with Crippen molar-refractivity contribution < 1.29 is 4.74 Å². The Labute approximate surface area is 152 Å². The van der Waals surface area contributed by atoms with Crippen LogP contribution in [-0.2, 0) is 17.9 Å². The van der Waals surface area contributed by atoms with E-state index in [0.717, 1.165) is 19.0 Å². The Kier molecular flexibility index (Phi) is 12.2. The number of benzene rings is 1. The molecule has 1 aromatic rings. The molecule has 22 heavy (non-hydrogen) atoms. The van der Waals surface area contributed by atoms with Gasteiger partial charge in [-0.1, -0.05) is 37.6 Å². The third-order valence-electron chi connectivity index (χ3n) is 3.36. The fourth-order valence-electron chi connectivity index (χ4n) is 2.14. The van der Waals surface area contributed by atoms with Gasteiger partial charge in [0.25, 0.3) is 0 Å². The number of nitrogens with one attached hydrogen (secondary N) is 1. The fourth-order valence-corrected chi connectivity index (χ4v) is 2.14. The number of rotatable bonds is 8. The van der Waals surface area contributed by atoms with E-state index in [-0.39, 0.29) is 24.0 Å².